The minimum Gasteiger partial charge on any atom is -0.345 e. The Hall–Kier alpha value is -1.12. The Morgan fingerprint density at radius 3 is 2.85 bits per heavy atom. The summed E-state index contributed by atoms with van der Waals surface area (Å²) in [6.07, 6.45) is 1.88. The van der Waals surface area contributed by atoms with Crippen LogP contribution in [-0.2, 0) is 0 Å². The summed E-state index contributed by atoms with van der Waals surface area (Å²) < 4.78 is 0. The molecule has 0 radical (unpaired) electrons. The summed E-state index contributed by atoms with van der Waals surface area (Å²) in [6.45, 7) is 7.95. The van der Waals surface area contributed by atoms with Crippen molar-refractivity contribution in [3.05, 3.63) is 23.1 Å². The standard InChI is InChI=1S/C8H11N3.C2H6.H2/c1-6-4-10-7-2-3-9-8(7)11-5-6;1-2;/h2-3,6H,4-5H2,1H3,(H,9,11);1-2H3;1H. The summed E-state index contributed by atoms with van der Waals surface area (Å²) in [5.74, 6) is 0.579. The van der Waals surface area contributed by atoms with Gasteiger partial charge in [-0.25, -0.2) is 0 Å². The predicted molar refractivity (Wildman–Crippen MR) is 55.5 cm³/mol. The van der Waals surface area contributed by atoms with Crippen molar-refractivity contribution in [3.63, 3.8) is 0 Å². The van der Waals surface area contributed by atoms with Crippen molar-refractivity contribution in [3.8, 4) is 0 Å². The van der Waals surface area contributed by atoms with Crippen LogP contribution in [0.5, 0.6) is 0 Å². The number of aromatic amines is 1. The molecule has 1 aromatic rings. The van der Waals surface area contributed by atoms with Gasteiger partial charge in [-0.1, -0.05) is 20.8 Å². The summed E-state index contributed by atoms with van der Waals surface area (Å²) in [7, 11) is 0. The Kier molecular flexibility index (Phi) is 3.68. The minimum absolute atomic E-state index is 0. The first kappa shape index (κ1) is 9.96. The Morgan fingerprint density at radius 2 is 2.08 bits per heavy atom. The van der Waals surface area contributed by atoms with Crippen molar-refractivity contribution >= 4 is 0 Å². The second-order valence-electron chi connectivity index (χ2n) is 3.00. The number of hydrogen-bond donors (Lipinski definition) is 1. The van der Waals surface area contributed by atoms with Gasteiger partial charge in [-0.05, 0) is 12.0 Å². The summed E-state index contributed by atoms with van der Waals surface area (Å²) in [6, 6.07) is 1.97. The fraction of sp³-hybridized carbons (Fsp3) is 0.600. The SMILES string of the molecule is CC.CC1CN=c2cc[nH]c2=NC1.[HH]. The predicted octanol–water partition coefficient (Wildman–Crippen LogP) is 1.18. The minimum atomic E-state index is 0. The van der Waals surface area contributed by atoms with Gasteiger partial charge in [0.25, 0.3) is 0 Å². The van der Waals surface area contributed by atoms with E-state index in [-0.39, 0.29) is 1.43 Å². The second-order valence-corrected chi connectivity index (χ2v) is 3.00. The van der Waals surface area contributed by atoms with E-state index in [0.29, 0.717) is 5.92 Å². The van der Waals surface area contributed by atoms with E-state index in [1.807, 2.05) is 26.1 Å². The van der Waals surface area contributed by atoms with Gasteiger partial charge in [-0.2, -0.15) is 0 Å². The van der Waals surface area contributed by atoms with E-state index in [2.05, 4.69) is 21.9 Å². The highest BCUT2D eigenvalue weighted by molar-refractivity contribution is 4.90. The van der Waals surface area contributed by atoms with Crippen molar-refractivity contribution in [1.82, 2.24) is 4.98 Å². The van der Waals surface area contributed by atoms with Crippen LogP contribution >= 0.6 is 0 Å². The maximum atomic E-state index is 4.40. The van der Waals surface area contributed by atoms with Crippen LogP contribution < -0.4 is 10.8 Å². The quantitative estimate of drug-likeness (QED) is 0.624. The van der Waals surface area contributed by atoms with Crippen LogP contribution in [-0.4, -0.2) is 18.1 Å². The van der Waals surface area contributed by atoms with Crippen LogP contribution in [0.4, 0.5) is 0 Å². The second kappa shape index (κ2) is 4.80. The van der Waals surface area contributed by atoms with E-state index < -0.39 is 0 Å². The zero-order valence-corrected chi connectivity index (χ0v) is 8.54. The summed E-state index contributed by atoms with van der Waals surface area (Å²) in [5.41, 5.74) is 0.939. The molecule has 1 N–H and O–H groups in total. The average molecular weight is 181 g/mol. The molecule has 74 valence electrons. The van der Waals surface area contributed by atoms with E-state index in [9.17, 15) is 0 Å². The van der Waals surface area contributed by atoms with E-state index in [4.69, 9.17) is 0 Å². The molecule has 3 nitrogen and oxygen atoms in total. The normalized spacial score (nSPS) is 19.8. The van der Waals surface area contributed by atoms with Crippen LogP contribution in [0, 0.1) is 5.92 Å². The lowest BCUT2D eigenvalue weighted by atomic mass is 10.2. The highest BCUT2D eigenvalue weighted by atomic mass is 14.9. The Balaban J connectivity index is 0.000000531. The average Bonchev–Trinajstić information content (AvgIpc) is 2.56. The van der Waals surface area contributed by atoms with Gasteiger partial charge in [0.1, 0.15) is 5.36 Å². The zero-order valence-electron chi connectivity index (χ0n) is 8.54. The zero-order chi connectivity index (χ0) is 9.68. The fourth-order valence-corrected chi connectivity index (χ4v) is 1.17. The molecule has 1 aliphatic heterocycles. The molecule has 0 amide bonds. The third kappa shape index (κ3) is 2.41. The topological polar surface area (TPSA) is 40.5 Å². The Labute approximate surface area is 80.1 Å². The Bertz CT molecular complexity index is 323. The molecule has 1 aliphatic rings. The number of fused-ring (bicyclic) bond motifs is 1. The van der Waals surface area contributed by atoms with Crippen LogP contribution in [0.1, 0.15) is 22.2 Å². The van der Waals surface area contributed by atoms with Crippen molar-refractivity contribution in [2.24, 2.45) is 15.9 Å². The van der Waals surface area contributed by atoms with Gasteiger partial charge in [-0.15, -0.1) is 0 Å². The number of nitrogens with zero attached hydrogens (tertiary/aromatic N) is 2. The van der Waals surface area contributed by atoms with Crippen molar-refractivity contribution < 1.29 is 1.43 Å². The highest BCUT2D eigenvalue weighted by Gasteiger charge is 2.02. The fourth-order valence-electron chi connectivity index (χ4n) is 1.17. The van der Waals surface area contributed by atoms with Gasteiger partial charge in [0, 0.05) is 20.7 Å². The van der Waals surface area contributed by atoms with Crippen LogP contribution in [0.3, 0.4) is 0 Å². The monoisotopic (exact) mass is 181 g/mol. The molecule has 1 aromatic heterocycles. The van der Waals surface area contributed by atoms with E-state index >= 15 is 0 Å². The molecule has 0 spiro atoms. The molecule has 1 unspecified atom stereocenters. The van der Waals surface area contributed by atoms with Crippen molar-refractivity contribution in [1.29, 1.82) is 0 Å². The van der Waals surface area contributed by atoms with E-state index in [0.717, 1.165) is 23.9 Å². The first-order valence-electron chi connectivity index (χ1n) is 4.88. The molecule has 0 bridgehead atoms. The molecule has 0 saturated carbocycles. The maximum absolute atomic E-state index is 4.40. The van der Waals surface area contributed by atoms with Gasteiger partial charge < -0.3 is 4.98 Å². The number of hydrogen-bond acceptors (Lipinski definition) is 2. The van der Waals surface area contributed by atoms with Gasteiger partial charge in [-0.3, -0.25) is 9.98 Å². The largest absolute Gasteiger partial charge is 0.345 e. The number of H-pyrrole nitrogens is 1. The Morgan fingerprint density at radius 1 is 1.38 bits per heavy atom. The van der Waals surface area contributed by atoms with Gasteiger partial charge in [0.2, 0.25) is 0 Å². The van der Waals surface area contributed by atoms with Crippen molar-refractivity contribution in [2.45, 2.75) is 20.8 Å². The molecule has 2 rings (SSSR count). The van der Waals surface area contributed by atoms with Crippen LogP contribution in [0.2, 0.25) is 0 Å². The molecule has 0 aromatic carbocycles. The first-order valence-corrected chi connectivity index (χ1v) is 4.88. The molecule has 3 heteroatoms. The summed E-state index contributed by atoms with van der Waals surface area (Å²) >= 11 is 0. The lowest BCUT2D eigenvalue weighted by molar-refractivity contribution is 0.608. The van der Waals surface area contributed by atoms with Gasteiger partial charge in [0.15, 0.2) is 5.49 Å². The first-order chi connectivity index (χ1) is 6.36. The number of rotatable bonds is 0. The van der Waals surface area contributed by atoms with Crippen LogP contribution in [0.25, 0.3) is 0 Å². The summed E-state index contributed by atoms with van der Waals surface area (Å²) in [4.78, 5) is 11.8. The molecular weight excluding hydrogens is 162 g/mol. The highest BCUT2D eigenvalue weighted by Crippen LogP contribution is 1.95. The molecular formula is C10H19N3. The van der Waals surface area contributed by atoms with Gasteiger partial charge in [0.05, 0.1) is 0 Å². The molecule has 2 heterocycles. The lowest BCUT2D eigenvalue weighted by Gasteiger charge is -1.99. The number of nitrogens with one attached hydrogen (secondary N) is 1. The van der Waals surface area contributed by atoms with Gasteiger partial charge >= 0.3 is 0 Å². The lowest BCUT2D eigenvalue weighted by Crippen LogP contribution is -2.22. The van der Waals surface area contributed by atoms with E-state index in [1.165, 1.54) is 0 Å². The smallest absolute Gasteiger partial charge is 0.150 e. The third-order valence-electron chi connectivity index (χ3n) is 1.84. The van der Waals surface area contributed by atoms with E-state index in [1.54, 1.807) is 0 Å². The molecule has 0 fully saturated rings. The molecule has 1 atom stereocenters. The summed E-state index contributed by atoms with van der Waals surface area (Å²) in [5, 5.41) is 1.01. The van der Waals surface area contributed by atoms with Crippen LogP contribution in [0.15, 0.2) is 22.2 Å². The third-order valence-corrected chi connectivity index (χ3v) is 1.84. The van der Waals surface area contributed by atoms with Crippen molar-refractivity contribution in [2.75, 3.05) is 13.1 Å². The number of aromatic nitrogens is 1. The molecule has 0 aliphatic carbocycles. The molecule has 13 heavy (non-hydrogen) atoms. The maximum Gasteiger partial charge on any atom is 0.150 e. The molecule has 0 saturated heterocycles.